The molecule has 0 aliphatic carbocycles. The Morgan fingerprint density at radius 3 is 2.74 bits per heavy atom. The molecule has 0 saturated heterocycles. The summed E-state index contributed by atoms with van der Waals surface area (Å²) in [6.07, 6.45) is 1.89. The van der Waals surface area contributed by atoms with E-state index in [1.54, 1.807) is 11.3 Å². The number of likely N-dealkylation sites (N-methyl/N-ethyl adjacent to an activating group) is 1. The van der Waals surface area contributed by atoms with Crippen LogP contribution in [0.3, 0.4) is 0 Å². The van der Waals surface area contributed by atoms with Gasteiger partial charge < -0.3 is 9.84 Å². The highest BCUT2D eigenvalue weighted by Gasteiger charge is 2.16. The second-order valence-corrected chi connectivity index (χ2v) is 6.04. The number of thiophene rings is 1. The minimum atomic E-state index is 0.386. The largest absolute Gasteiger partial charge is 0.339 e. The Morgan fingerprint density at radius 1 is 1.37 bits per heavy atom. The molecule has 0 aromatic carbocycles. The third-order valence-corrected chi connectivity index (χ3v) is 4.01. The van der Waals surface area contributed by atoms with Gasteiger partial charge in [-0.2, -0.15) is 16.3 Å². The second kappa shape index (κ2) is 6.30. The number of rotatable bonds is 6. The van der Waals surface area contributed by atoms with Crippen molar-refractivity contribution in [1.82, 2.24) is 15.5 Å². The van der Waals surface area contributed by atoms with Crippen molar-refractivity contribution >= 4 is 11.3 Å². The molecule has 0 saturated carbocycles. The Labute approximate surface area is 118 Å². The van der Waals surface area contributed by atoms with Crippen molar-refractivity contribution in [3.05, 3.63) is 22.2 Å². The van der Waals surface area contributed by atoms with Gasteiger partial charge >= 0.3 is 0 Å². The minimum Gasteiger partial charge on any atom is -0.339 e. The molecule has 0 fully saturated rings. The van der Waals surface area contributed by atoms with E-state index in [1.807, 2.05) is 7.05 Å². The molecule has 0 aliphatic rings. The van der Waals surface area contributed by atoms with E-state index in [1.165, 1.54) is 5.56 Å². The van der Waals surface area contributed by atoms with Crippen LogP contribution in [0.1, 0.15) is 31.7 Å². The third-order valence-electron chi connectivity index (χ3n) is 3.15. The number of hydrogen-bond donors (Lipinski definition) is 1. The predicted molar refractivity (Wildman–Crippen MR) is 78.4 cm³/mol. The van der Waals surface area contributed by atoms with Gasteiger partial charge in [0.05, 0.1) is 0 Å². The molecule has 0 amide bonds. The summed E-state index contributed by atoms with van der Waals surface area (Å²) < 4.78 is 5.36. The zero-order valence-corrected chi connectivity index (χ0v) is 12.8. The van der Waals surface area contributed by atoms with Gasteiger partial charge in [-0.05, 0) is 37.3 Å². The molecule has 4 nitrogen and oxygen atoms in total. The summed E-state index contributed by atoms with van der Waals surface area (Å²) in [7, 11) is 1.98. The Morgan fingerprint density at radius 2 is 2.16 bits per heavy atom. The number of hydrogen-bond acceptors (Lipinski definition) is 5. The molecule has 0 radical (unpaired) electrons. The average molecular weight is 279 g/mol. The summed E-state index contributed by atoms with van der Waals surface area (Å²) in [5, 5.41) is 11.6. The van der Waals surface area contributed by atoms with Gasteiger partial charge in [-0.25, -0.2) is 0 Å². The predicted octanol–water partition coefficient (Wildman–Crippen LogP) is 3.28. The topological polar surface area (TPSA) is 51.0 Å². The Balaban J connectivity index is 2.07. The quantitative estimate of drug-likeness (QED) is 0.881. The highest BCUT2D eigenvalue weighted by molar-refractivity contribution is 7.08. The molecule has 2 heterocycles. The standard InChI is InChI=1S/C14H21N3OS/c1-9(2)5-11(15-4)6-13-16-14(17-18-13)12-8-19-7-10(12)3/h7-9,11,15H,5-6H2,1-4H3. The van der Waals surface area contributed by atoms with E-state index in [0.29, 0.717) is 23.7 Å². The molecule has 5 heteroatoms. The van der Waals surface area contributed by atoms with E-state index in [9.17, 15) is 0 Å². The van der Waals surface area contributed by atoms with Gasteiger partial charge in [0.25, 0.3) is 0 Å². The SMILES string of the molecule is CNC(Cc1nc(-c2cscc2C)no1)CC(C)C. The lowest BCUT2D eigenvalue weighted by Crippen LogP contribution is -2.29. The molecule has 1 atom stereocenters. The fourth-order valence-electron chi connectivity index (χ4n) is 2.12. The fraction of sp³-hybridized carbons (Fsp3) is 0.571. The summed E-state index contributed by atoms with van der Waals surface area (Å²) in [4.78, 5) is 4.50. The second-order valence-electron chi connectivity index (χ2n) is 5.30. The molecule has 2 aromatic rings. The number of nitrogens with one attached hydrogen (secondary N) is 1. The van der Waals surface area contributed by atoms with E-state index in [0.717, 1.165) is 18.4 Å². The van der Waals surface area contributed by atoms with Crippen LogP contribution in [-0.4, -0.2) is 23.2 Å². The highest BCUT2D eigenvalue weighted by Crippen LogP contribution is 2.24. The molecular weight excluding hydrogens is 258 g/mol. The van der Waals surface area contributed by atoms with Crippen LogP contribution in [0, 0.1) is 12.8 Å². The molecule has 19 heavy (non-hydrogen) atoms. The molecule has 0 aliphatic heterocycles. The van der Waals surface area contributed by atoms with Crippen LogP contribution in [0.5, 0.6) is 0 Å². The van der Waals surface area contributed by atoms with E-state index in [2.05, 4.69) is 47.0 Å². The third kappa shape index (κ3) is 3.64. The van der Waals surface area contributed by atoms with Crippen LogP contribution in [0.15, 0.2) is 15.3 Å². The summed E-state index contributed by atoms with van der Waals surface area (Å²) >= 11 is 1.66. The van der Waals surface area contributed by atoms with Gasteiger partial charge in [-0.1, -0.05) is 19.0 Å². The molecule has 2 aromatic heterocycles. The van der Waals surface area contributed by atoms with E-state index >= 15 is 0 Å². The molecule has 1 unspecified atom stereocenters. The van der Waals surface area contributed by atoms with Crippen LogP contribution in [-0.2, 0) is 6.42 Å². The van der Waals surface area contributed by atoms with Crippen LogP contribution in [0.4, 0.5) is 0 Å². The van der Waals surface area contributed by atoms with Crippen molar-refractivity contribution in [2.24, 2.45) is 5.92 Å². The minimum absolute atomic E-state index is 0.386. The zero-order valence-electron chi connectivity index (χ0n) is 11.9. The van der Waals surface area contributed by atoms with Gasteiger partial charge in [-0.3, -0.25) is 0 Å². The first-order chi connectivity index (χ1) is 9.10. The van der Waals surface area contributed by atoms with Crippen molar-refractivity contribution in [2.45, 2.75) is 39.7 Å². The summed E-state index contributed by atoms with van der Waals surface area (Å²) in [6.45, 7) is 6.51. The van der Waals surface area contributed by atoms with Crippen LogP contribution in [0.25, 0.3) is 11.4 Å². The van der Waals surface area contributed by atoms with E-state index in [4.69, 9.17) is 4.52 Å². The first-order valence-electron chi connectivity index (χ1n) is 6.63. The Hall–Kier alpha value is -1.20. The first-order valence-corrected chi connectivity index (χ1v) is 7.57. The lowest BCUT2D eigenvalue weighted by molar-refractivity contribution is 0.345. The molecular formula is C14H21N3OS. The maximum atomic E-state index is 5.36. The maximum absolute atomic E-state index is 5.36. The number of aryl methyl sites for hydroxylation is 1. The fourth-order valence-corrected chi connectivity index (χ4v) is 2.95. The monoisotopic (exact) mass is 279 g/mol. The Kier molecular flexibility index (Phi) is 4.71. The van der Waals surface area contributed by atoms with Gasteiger partial charge in [0, 0.05) is 23.4 Å². The molecule has 0 bridgehead atoms. The van der Waals surface area contributed by atoms with E-state index < -0.39 is 0 Å². The first kappa shape index (κ1) is 14.2. The summed E-state index contributed by atoms with van der Waals surface area (Å²) in [5.41, 5.74) is 2.27. The molecule has 2 rings (SSSR count). The van der Waals surface area contributed by atoms with Crippen molar-refractivity contribution < 1.29 is 4.52 Å². The molecule has 1 N–H and O–H groups in total. The normalized spacial score (nSPS) is 13.1. The van der Waals surface area contributed by atoms with Gasteiger partial charge in [0.2, 0.25) is 11.7 Å². The van der Waals surface area contributed by atoms with Crippen molar-refractivity contribution in [3.63, 3.8) is 0 Å². The van der Waals surface area contributed by atoms with Crippen molar-refractivity contribution in [3.8, 4) is 11.4 Å². The van der Waals surface area contributed by atoms with Crippen molar-refractivity contribution in [1.29, 1.82) is 0 Å². The lowest BCUT2D eigenvalue weighted by Gasteiger charge is -2.15. The molecule has 104 valence electrons. The molecule has 0 spiro atoms. The van der Waals surface area contributed by atoms with Crippen molar-refractivity contribution in [2.75, 3.05) is 7.05 Å². The van der Waals surface area contributed by atoms with E-state index in [-0.39, 0.29) is 0 Å². The maximum Gasteiger partial charge on any atom is 0.228 e. The lowest BCUT2D eigenvalue weighted by atomic mass is 10.0. The average Bonchev–Trinajstić information content (AvgIpc) is 2.96. The highest BCUT2D eigenvalue weighted by atomic mass is 32.1. The van der Waals surface area contributed by atoms with Gasteiger partial charge in [0.1, 0.15) is 0 Å². The van der Waals surface area contributed by atoms with Crippen LogP contribution < -0.4 is 5.32 Å². The van der Waals surface area contributed by atoms with Crippen LogP contribution >= 0.6 is 11.3 Å². The smallest absolute Gasteiger partial charge is 0.228 e. The zero-order chi connectivity index (χ0) is 13.8. The van der Waals surface area contributed by atoms with Gasteiger partial charge in [-0.15, -0.1) is 0 Å². The summed E-state index contributed by atoms with van der Waals surface area (Å²) in [6, 6.07) is 0.386. The Bertz CT molecular complexity index is 518. The number of nitrogens with zero attached hydrogens (tertiary/aromatic N) is 2. The summed E-state index contributed by atoms with van der Waals surface area (Å²) in [5.74, 6) is 2.06. The number of aromatic nitrogens is 2. The van der Waals surface area contributed by atoms with Crippen LogP contribution in [0.2, 0.25) is 0 Å². The van der Waals surface area contributed by atoms with Gasteiger partial charge in [0.15, 0.2) is 0 Å².